The first-order chi connectivity index (χ1) is 9.12. The van der Waals surface area contributed by atoms with Crippen molar-refractivity contribution in [1.82, 2.24) is 15.0 Å². The van der Waals surface area contributed by atoms with E-state index in [-0.39, 0.29) is 18.0 Å². The van der Waals surface area contributed by atoms with Gasteiger partial charge in [-0.15, -0.1) is 0 Å². The summed E-state index contributed by atoms with van der Waals surface area (Å²) < 4.78 is 10.5. The highest BCUT2D eigenvalue weighted by molar-refractivity contribution is 5.36. The molecule has 8 nitrogen and oxygen atoms in total. The lowest BCUT2D eigenvalue weighted by Gasteiger charge is -2.12. The predicted molar refractivity (Wildman–Crippen MR) is 69.7 cm³/mol. The number of anilines is 2. The van der Waals surface area contributed by atoms with E-state index >= 15 is 0 Å². The SMILES string of the molecule is COc1nc(NN)nc(NC(C)c2ccc(C)o2)n1. The van der Waals surface area contributed by atoms with Gasteiger partial charge in [0.05, 0.1) is 13.2 Å². The van der Waals surface area contributed by atoms with Gasteiger partial charge in [0, 0.05) is 0 Å². The maximum atomic E-state index is 5.53. The van der Waals surface area contributed by atoms with Crippen molar-refractivity contribution in [2.45, 2.75) is 19.9 Å². The lowest BCUT2D eigenvalue weighted by molar-refractivity contribution is 0.379. The van der Waals surface area contributed by atoms with Gasteiger partial charge in [0.1, 0.15) is 11.5 Å². The summed E-state index contributed by atoms with van der Waals surface area (Å²) in [5, 5.41) is 3.09. The van der Waals surface area contributed by atoms with E-state index in [0.717, 1.165) is 11.5 Å². The Kier molecular flexibility index (Phi) is 3.81. The second kappa shape index (κ2) is 5.53. The average Bonchev–Trinajstić information content (AvgIpc) is 2.85. The van der Waals surface area contributed by atoms with E-state index in [1.165, 1.54) is 7.11 Å². The van der Waals surface area contributed by atoms with Crippen LogP contribution < -0.4 is 21.3 Å². The molecule has 1 atom stereocenters. The highest BCUT2D eigenvalue weighted by Gasteiger charge is 2.13. The van der Waals surface area contributed by atoms with Gasteiger partial charge in [-0.2, -0.15) is 15.0 Å². The van der Waals surface area contributed by atoms with Crippen molar-refractivity contribution in [2.24, 2.45) is 5.84 Å². The van der Waals surface area contributed by atoms with E-state index in [1.807, 2.05) is 26.0 Å². The Bertz CT molecular complexity index is 534. The third-order valence-electron chi connectivity index (χ3n) is 2.46. The van der Waals surface area contributed by atoms with Crippen molar-refractivity contribution in [3.63, 3.8) is 0 Å². The fourth-order valence-electron chi connectivity index (χ4n) is 1.53. The molecule has 2 heterocycles. The van der Waals surface area contributed by atoms with E-state index in [4.69, 9.17) is 15.0 Å². The van der Waals surface area contributed by atoms with Gasteiger partial charge in [0.25, 0.3) is 0 Å². The summed E-state index contributed by atoms with van der Waals surface area (Å²) >= 11 is 0. The number of aryl methyl sites for hydroxylation is 1. The minimum atomic E-state index is -0.0913. The molecule has 0 saturated heterocycles. The number of hydrogen-bond donors (Lipinski definition) is 3. The van der Waals surface area contributed by atoms with Crippen molar-refractivity contribution in [3.8, 4) is 6.01 Å². The average molecular weight is 264 g/mol. The molecule has 0 radical (unpaired) electrons. The molecule has 19 heavy (non-hydrogen) atoms. The predicted octanol–water partition coefficient (Wildman–Crippen LogP) is 1.24. The van der Waals surface area contributed by atoms with E-state index in [1.54, 1.807) is 0 Å². The molecule has 0 aliphatic heterocycles. The van der Waals surface area contributed by atoms with Crippen LogP contribution >= 0.6 is 0 Å². The number of nitrogen functional groups attached to an aromatic ring is 1. The molecule has 0 aliphatic carbocycles. The number of rotatable bonds is 5. The zero-order chi connectivity index (χ0) is 13.8. The van der Waals surface area contributed by atoms with Gasteiger partial charge >= 0.3 is 6.01 Å². The molecular weight excluding hydrogens is 248 g/mol. The fraction of sp³-hybridized carbons (Fsp3) is 0.364. The molecule has 0 aromatic carbocycles. The number of nitrogens with two attached hydrogens (primary N) is 1. The molecular formula is C11H16N6O2. The maximum Gasteiger partial charge on any atom is 0.322 e. The topological polar surface area (TPSA) is 111 Å². The number of hydrogen-bond acceptors (Lipinski definition) is 8. The standard InChI is InChI=1S/C11H16N6O2/c1-6-4-5-8(19-6)7(2)13-9-14-10(17-12)16-11(15-9)18-3/h4-5,7H,12H2,1-3H3,(H2,13,14,15,16,17). The fourth-order valence-corrected chi connectivity index (χ4v) is 1.53. The lowest BCUT2D eigenvalue weighted by atomic mass is 10.2. The summed E-state index contributed by atoms with van der Waals surface area (Å²) in [5.41, 5.74) is 2.35. The van der Waals surface area contributed by atoms with Gasteiger partial charge in [0.2, 0.25) is 11.9 Å². The van der Waals surface area contributed by atoms with Crippen LogP contribution in [0.4, 0.5) is 11.9 Å². The molecule has 2 aromatic heterocycles. The normalized spacial score (nSPS) is 12.0. The zero-order valence-corrected chi connectivity index (χ0v) is 11.0. The van der Waals surface area contributed by atoms with Crippen LogP contribution in [0.5, 0.6) is 6.01 Å². The number of hydrazine groups is 1. The molecule has 0 aliphatic rings. The molecule has 0 saturated carbocycles. The monoisotopic (exact) mass is 264 g/mol. The Morgan fingerprint density at radius 2 is 2.00 bits per heavy atom. The van der Waals surface area contributed by atoms with Gasteiger partial charge in [-0.3, -0.25) is 5.43 Å². The largest absolute Gasteiger partial charge is 0.467 e. The molecule has 0 bridgehead atoms. The van der Waals surface area contributed by atoms with Gasteiger partial charge in [-0.25, -0.2) is 5.84 Å². The third-order valence-corrected chi connectivity index (χ3v) is 2.46. The molecule has 2 rings (SSSR count). The van der Waals surface area contributed by atoms with Crippen molar-refractivity contribution in [1.29, 1.82) is 0 Å². The quantitative estimate of drug-likeness (QED) is 0.546. The van der Waals surface area contributed by atoms with Crippen LogP contribution in [0.2, 0.25) is 0 Å². The second-order valence-corrected chi connectivity index (χ2v) is 3.93. The molecule has 0 spiro atoms. The summed E-state index contributed by atoms with van der Waals surface area (Å²) in [6, 6.07) is 3.88. The van der Waals surface area contributed by atoms with E-state index in [0.29, 0.717) is 5.95 Å². The van der Waals surface area contributed by atoms with Gasteiger partial charge in [0.15, 0.2) is 0 Å². The van der Waals surface area contributed by atoms with Crippen LogP contribution in [0, 0.1) is 6.92 Å². The minimum absolute atomic E-state index is 0.0913. The lowest BCUT2D eigenvalue weighted by Crippen LogP contribution is -2.15. The Balaban J connectivity index is 2.18. The van der Waals surface area contributed by atoms with Crippen molar-refractivity contribution < 1.29 is 9.15 Å². The molecule has 8 heteroatoms. The van der Waals surface area contributed by atoms with Gasteiger partial charge < -0.3 is 14.5 Å². The van der Waals surface area contributed by atoms with Crippen LogP contribution in [-0.2, 0) is 0 Å². The Morgan fingerprint density at radius 3 is 2.58 bits per heavy atom. The maximum absolute atomic E-state index is 5.53. The summed E-state index contributed by atoms with van der Waals surface area (Å²) in [6.07, 6.45) is 0. The number of methoxy groups -OCH3 is 1. The first-order valence-corrected chi connectivity index (χ1v) is 5.72. The molecule has 4 N–H and O–H groups in total. The minimum Gasteiger partial charge on any atom is -0.467 e. The summed E-state index contributed by atoms with van der Waals surface area (Å²) in [5.74, 6) is 7.49. The first-order valence-electron chi connectivity index (χ1n) is 5.72. The molecule has 0 amide bonds. The first kappa shape index (κ1) is 13.1. The number of aromatic nitrogens is 3. The summed E-state index contributed by atoms with van der Waals surface area (Å²) in [7, 11) is 1.47. The molecule has 1 unspecified atom stereocenters. The highest BCUT2D eigenvalue weighted by Crippen LogP contribution is 2.20. The molecule has 102 valence electrons. The summed E-state index contributed by atoms with van der Waals surface area (Å²) in [4.78, 5) is 12.1. The van der Waals surface area contributed by atoms with Crippen LogP contribution in [0.15, 0.2) is 16.5 Å². The third kappa shape index (κ3) is 3.10. The Labute approximate surface area is 110 Å². The van der Waals surface area contributed by atoms with Crippen LogP contribution in [0.1, 0.15) is 24.5 Å². The van der Waals surface area contributed by atoms with E-state index < -0.39 is 0 Å². The van der Waals surface area contributed by atoms with Crippen LogP contribution in [0.25, 0.3) is 0 Å². The van der Waals surface area contributed by atoms with Crippen LogP contribution in [-0.4, -0.2) is 22.1 Å². The molecule has 0 fully saturated rings. The number of nitrogens with zero attached hydrogens (tertiary/aromatic N) is 3. The molecule has 2 aromatic rings. The van der Waals surface area contributed by atoms with Crippen molar-refractivity contribution >= 4 is 11.9 Å². The number of furan rings is 1. The highest BCUT2D eigenvalue weighted by atomic mass is 16.5. The van der Waals surface area contributed by atoms with E-state index in [2.05, 4.69) is 25.7 Å². The zero-order valence-electron chi connectivity index (χ0n) is 11.0. The van der Waals surface area contributed by atoms with Gasteiger partial charge in [-0.1, -0.05) is 0 Å². The second-order valence-electron chi connectivity index (χ2n) is 3.93. The van der Waals surface area contributed by atoms with E-state index in [9.17, 15) is 0 Å². The van der Waals surface area contributed by atoms with Crippen molar-refractivity contribution in [2.75, 3.05) is 17.9 Å². The number of nitrogens with one attached hydrogen (secondary N) is 2. The summed E-state index contributed by atoms with van der Waals surface area (Å²) in [6.45, 7) is 3.82. The van der Waals surface area contributed by atoms with Crippen LogP contribution in [0.3, 0.4) is 0 Å². The number of ether oxygens (including phenoxy) is 1. The Morgan fingerprint density at radius 1 is 1.26 bits per heavy atom. The van der Waals surface area contributed by atoms with Gasteiger partial charge in [-0.05, 0) is 26.0 Å². The van der Waals surface area contributed by atoms with Crippen molar-refractivity contribution in [3.05, 3.63) is 23.7 Å². The Hall–Kier alpha value is -2.35. The smallest absolute Gasteiger partial charge is 0.322 e.